The van der Waals surface area contributed by atoms with Crippen LogP contribution in [0.25, 0.3) is 0 Å². The zero-order valence-corrected chi connectivity index (χ0v) is 19.5. The van der Waals surface area contributed by atoms with E-state index in [-0.39, 0.29) is 113 Å². The van der Waals surface area contributed by atoms with Crippen LogP contribution in [-0.2, 0) is 28.8 Å². The van der Waals surface area contributed by atoms with Crippen LogP contribution < -0.4 is 30.6 Å². The normalized spacial score (nSPS) is 25.4. The van der Waals surface area contributed by atoms with Crippen molar-refractivity contribution >= 4 is 149 Å². The van der Waals surface area contributed by atoms with E-state index in [9.17, 15) is 59.4 Å². The molecule has 0 heterocycles. The summed E-state index contributed by atoms with van der Waals surface area (Å²) in [5.41, 5.74) is -4.08. The molecule has 126 valence electrons. The second kappa shape index (κ2) is 11.6. The molecule has 0 radical (unpaired) electrons. The quantitative estimate of drug-likeness (QED) is 0.272. The van der Waals surface area contributed by atoms with Crippen molar-refractivity contribution in [3.8, 4) is 0 Å². The molecule has 0 bridgehead atoms. The van der Waals surface area contributed by atoms with Gasteiger partial charge in [0, 0.05) is 47.5 Å². The molecule has 0 aromatic rings. The fourth-order valence-corrected chi connectivity index (χ4v) is 3.00. The predicted octanol–water partition coefficient (Wildman–Crippen LogP) is -11.2. The molecule has 4 atom stereocenters. The van der Waals surface area contributed by atoms with E-state index in [4.69, 9.17) is 0 Å². The minimum absolute atomic E-state index is 0. The minimum atomic E-state index is -4.08. The molecule has 1 fully saturated rings. The van der Waals surface area contributed by atoms with Gasteiger partial charge in [-0.2, -0.15) is 0 Å². The van der Waals surface area contributed by atoms with E-state index in [0.29, 0.717) is 0 Å². The van der Waals surface area contributed by atoms with Gasteiger partial charge in [0.05, 0.1) is 17.4 Å². The largest absolute Gasteiger partial charge is 2.00 e. The molecule has 1 aliphatic carbocycles. The van der Waals surface area contributed by atoms with Gasteiger partial charge in [-0.05, 0) is 0 Å². The Hall–Kier alpha value is 0.599. The number of rotatable bonds is 6. The summed E-state index contributed by atoms with van der Waals surface area (Å²) in [5, 5.41) is 66.5. The van der Waals surface area contributed by atoms with Crippen LogP contribution in [0.15, 0.2) is 0 Å². The molecule has 1 rings (SSSR count). The first-order valence-corrected chi connectivity index (χ1v) is 5.68. The summed E-state index contributed by atoms with van der Waals surface area (Å²) in [6.45, 7) is 0. The molecule has 4 unspecified atom stereocenters. The van der Waals surface area contributed by atoms with Crippen molar-refractivity contribution in [2.75, 3.05) is 0 Å². The van der Waals surface area contributed by atoms with Crippen LogP contribution in [0, 0.1) is 29.1 Å². The zero-order valence-electron chi connectivity index (χ0n) is 12.8. The second-order valence-electron chi connectivity index (χ2n) is 4.73. The molecule has 15 heteroatoms. The van der Waals surface area contributed by atoms with Gasteiger partial charge in [0.1, 0.15) is 0 Å². The topological polar surface area (TPSA) is 241 Å². The number of carbonyl (C=O) groups is 6. The van der Waals surface area contributed by atoms with E-state index in [2.05, 4.69) is 0 Å². The Labute approximate surface area is 233 Å². The molecule has 12 nitrogen and oxygen atoms in total. The number of carboxylic acids is 6. The molecule has 0 aromatic heterocycles. The van der Waals surface area contributed by atoms with E-state index in [1.165, 1.54) is 0 Å². The maximum Gasteiger partial charge on any atom is 2.00 e. The Morgan fingerprint density at radius 1 is 0.500 bits per heavy atom. The van der Waals surface area contributed by atoms with Crippen LogP contribution in [0.1, 0.15) is 0 Å². The SMILES string of the molecule is O=C([O-])C1C(C(=O)[O-])C(C(=O)[O-])C(C(=O)[O-])(C(=O)[O-])C1C(=O)[O-].[Ca+2].[Ca+2].[Ca+2]. The second-order valence-corrected chi connectivity index (χ2v) is 4.73. The van der Waals surface area contributed by atoms with E-state index >= 15 is 0 Å². The smallest absolute Gasteiger partial charge is 0.550 e. The molecule has 0 N–H and O–H groups in total. The van der Waals surface area contributed by atoms with Gasteiger partial charge >= 0.3 is 113 Å². The number of hydrogen-bond donors (Lipinski definition) is 0. The molecular weight excluding hydrogens is 444 g/mol. The van der Waals surface area contributed by atoms with Crippen molar-refractivity contribution in [3.05, 3.63) is 0 Å². The zero-order chi connectivity index (χ0) is 18.3. The van der Waals surface area contributed by atoms with E-state index < -0.39 is 64.9 Å². The Balaban J connectivity index is -0.00000176. The summed E-state index contributed by atoms with van der Waals surface area (Å²) in [5.74, 6) is -28.4. The fourth-order valence-electron chi connectivity index (χ4n) is 3.00. The summed E-state index contributed by atoms with van der Waals surface area (Å²) < 4.78 is 0. The monoisotopic (exact) mass is 448 g/mol. The van der Waals surface area contributed by atoms with Crippen molar-refractivity contribution in [1.29, 1.82) is 0 Å². The minimum Gasteiger partial charge on any atom is -0.550 e. The Kier molecular flexibility index (Phi) is 13.9. The van der Waals surface area contributed by atoms with Crippen LogP contribution >= 0.6 is 0 Å². The number of aliphatic carboxylic acids is 6. The Morgan fingerprint density at radius 2 is 0.731 bits per heavy atom. The van der Waals surface area contributed by atoms with Crippen molar-refractivity contribution in [1.82, 2.24) is 0 Å². The standard InChI is InChI=1S/C11H10O12.3Ca/c12-5(13)1-2(6(14)15)4(8(18)19)11(9(20)21,10(22)23)3(1)7(16)17;;;/h1-4H,(H,12,13)(H,14,15)(H,16,17)(H,18,19)(H,20,21)(H,22,23);;;/q;3*+2/p-6. The van der Waals surface area contributed by atoms with Crippen LogP contribution in [0.5, 0.6) is 0 Å². The number of hydrogen-bond acceptors (Lipinski definition) is 12. The molecule has 1 aliphatic rings. The van der Waals surface area contributed by atoms with Gasteiger partial charge in [-0.3, -0.25) is 0 Å². The maximum absolute atomic E-state index is 11.2. The Morgan fingerprint density at radius 3 is 0.846 bits per heavy atom. The van der Waals surface area contributed by atoms with Gasteiger partial charge in [0.15, 0.2) is 0 Å². The van der Waals surface area contributed by atoms with Crippen LogP contribution in [0.2, 0.25) is 0 Å². The third-order valence-corrected chi connectivity index (χ3v) is 3.81. The summed E-state index contributed by atoms with van der Waals surface area (Å²) >= 11 is 0. The average Bonchev–Trinajstić information content (AvgIpc) is 2.71. The van der Waals surface area contributed by atoms with Gasteiger partial charge in [-0.1, -0.05) is 0 Å². The van der Waals surface area contributed by atoms with Gasteiger partial charge in [0.2, 0.25) is 0 Å². The summed E-state index contributed by atoms with van der Waals surface area (Å²) in [4.78, 5) is 66.5. The maximum atomic E-state index is 11.2. The number of carboxylic acid groups (broad SMARTS) is 6. The van der Waals surface area contributed by atoms with Crippen LogP contribution in [0.4, 0.5) is 0 Å². The van der Waals surface area contributed by atoms with Crippen molar-refractivity contribution in [3.63, 3.8) is 0 Å². The molecule has 26 heavy (non-hydrogen) atoms. The van der Waals surface area contributed by atoms with Crippen molar-refractivity contribution in [2.24, 2.45) is 29.1 Å². The Bertz CT molecular complexity index is 578. The van der Waals surface area contributed by atoms with Gasteiger partial charge < -0.3 is 59.4 Å². The molecule has 0 aromatic carbocycles. The molecule has 0 saturated heterocycles. The van der Waals surface area contributed by atoms with Gasteiger partial charge in [-0.25, -0.2) is 0 Å². The molecule has 0 aliphatic heterocycles. The van der Waals surface area contributed by atoms with E-state index in [0.717, 1.165) is 0 Å². The molecule has 0 spiro atoms. The third-order valence-electron chi connectivity index (χ3n) is 3.81. The molecule has 1 saturated carbocycles. The number of carbonyl (C=O) groups excluding carboxylic acids is 6. The summed E-state index contributed by atoms with van der Waals surface area (Å²) in [6.07, 6.45) is 0. The average molecular weight is 448 g/mol. The van der Waals surface area contributed by atoms with Crippen LogP contribution in [-0.4, -0.2) is 149 Å². The first-order valence-electron chi connectivity index (χ1n) is 5.68. The first kappa shape index (κ1) is 31.3. The van der Waals surface area contributed by atoms with Gasteiger partial charge in [0.25, 0.3) is 0 Å². The van der Waals surface area contributed by atoms with Crippen LogP contribution in [0.3, 0.4) is 0 Å². The first-order chi connectivity index (χ1) is 10.4. The van der Waals surface area contributed by atoms with Crippen molar-refractivity contribution in [2.45, 2.75) is 0 Å². The summed E-state index contributed by atoms with van der Waals surface area (Å²) in [7, 11) is 0. The molecular formula is C11H4Ca3O12. The molecule has 0 amide bonds. The predicted molar refractivity (Wildman–Crippen MR) is 63.7 cm³/mol. The summed E-state index contributed by atoms with van der Waals surface area (Å²) in [6, 6.07) is 0. The van der Waals surface area contributed by atoms with Gasteiger partial charge in [-0.15, -0.1) is 0 Å². The van der Waals surface area contributed by atoms with E-state index in [1.807, 2.05) is 0 Å². The third kappa shape index (κ3) is 4.95. The van der Waals surface area contributed by atoms with E-state index in [1.54, 1.807) is 0 Å². The fraction of sp³-hybridized carbons (Fsp3) is 0.455. The van der Waals surface area contributed by atoms with Crippen molar-refractivity contribution < 1.29 is 59.4 Å².